The van der Waals surface area contributed by atoms with Crippen LogP contribution in [-0.4, -0.2) is 56.8 Å². The third kappa shape index (κ3) is 3.48. The van der Waals surface area contributed by atoms with Gasteiger partial charge in [-0.15, -0.1) is 0 Å². The molecule has 0 amide bonds. The lowest BCUT2D eigenvalue weighted by Crippen LogP contribution is -2.60. The zero-order valence-electron chi connectivity index (χ0n) is 12.6. The van der Waals surface area contributed by atoms with Crippen molar-refractivity contribution in [1.82, 2.24) is 9.96 Å². The summed E-state index contributed by atoms with van der Waals surface area (Å²) < 4.78 is 42.6. The monoisotopic (exact) mass is 328 g/mol. The van der Waals surface area contributed by atoms with Gasteiger partial charge in [0.05, 0.1) is 4.90 Å². The summed E-state index contributed by atoms with van der Waals surface area (Å²) in [5, 5.41) is 1.46. The summed E-state index contributed by atoms with van der Waals surface area (Å²) in [7, 11) is -3.75. The van der Waals surface area contributed by atoms with Crippen molar-refractivity contribution in [2.75, 3.05) is 26.2 Å². The minimum Gasteiger partial charge on any atom is -0.297 e. The van der Waals surface area contributed by atoms with E-state index in [2.05, 4.69) is 4.90 Å². The van der Waals surface area contributed by atoms with Crippen LogP contribution in [0, 0.1) is 6.92 Å². The molecule has 0 atom stereocenters. The van der Waals surface area contributed by atoms with Crippen molar-refractivity contribution >= 4 is 10.1 Å². The first-order valence-corrected chi connectivity index (χ1v) is 8.99. The van der Waals surface area contributed by atoms with E-state index in [1.165, 1.54) is 5.06 Å². The molecule has 0 bridgehead atoms. The maximum atomic E-state index is 13.1. The number of halogens is 1. The Balaban J connectivity index is 1.52. The fraction of sp³-hybridized carbons (Fsp3) is 0.600. The number of hydroxylamine groups is 2. The minimum atomic E-state index is -3.75. The van der Waals surface area contributed by atoms with Crippen molar-refractivity contribution < 1.29 is 17.1 Å². The topological polar surface area (TPSA) is 49.9 Å². The van der Waals surface area contributed by atoms with E-state index in [0.717, 1.165) is 18.7 Å². The summed E-state index contributed by atoms with van der Waals surface area (Å²) in [5.41, 5.74) is 0.999. The zero-order valence-corrected chi connectivity index (χ0v) is 13.4. The third-order valence-corrected chi connectivity index (χ3v) is 5.57. The Bertz CT molecular complexity index is 606. The Kier molecular flexibility index (Phi) is 4.49. The Morgan fingerprint density at radius 2 is 1.73 bits per heavy atom. The third-order valence-electron chi connectivity index (χ3n) is 4.32. The van der Waals surface area contributed by atoms with E-state index < -0.39 is 16.3 Å². The van der Waals surface area contributed by atoms with E-state index in [4.69, 9.17) is 4.28 Å². The molecule has 2 saturated heterocycles. The highest BCUT2D eigenvalue weighted by molar-refractivity contribution is 7.86. The number of hydrogen-bond donors (Lipinski definition) is 0. The summed E-state index contributed by atoms with van der Waals surface area (Å²) in [5.74, 6) is 0. The average Bonchev–Trinajstić information content (AvgIpc) is 2.44. The van der Waals surface area contributed by atoms with Gasteiger partial charge in [-0.25, -0.2) is 4.39 Å². The normalized spacial score (nSPS) is 22.6. The fourth-order valence-corrected chi connectivity index (χ4v) is 3.78. The van der Waals surface area contributed by atoms with Crippen molar-refractivity contribution in [3.8, 4) is 0 Å². The summed E-state index contributed by atoms with van der Waals surface area (Å²) in [6.07, 6.45) is 0.448. The molecule has 7 heteroatoms. The van der Waals surface area contributed by atoms with Gasteiger partial charge in [-0.3, -0.25) is 4.90 Å². The van der Waals surface area contributed by atoms with E-state index in [-0.39, 0.29) is 10.9 Å². The van der Waals surface area contributed by atoms with E-state index in [0.29, 0.717) is 25.9 Å². The van der Waals surface area contributed by atoms with Crippen LogP contribution in [0.1, 0.15) is 18.4 Å². The molecule has 0 spiro atoms. The molecular formula is C15H21FN2O3S. The zero-order chi connectivity index (χ0) is 15.7. The Morgan fingerprint density at radius 1 is 1.14 bits per heavy atom. The molecule has 0 N–H and O–H groups in total. The van der Waals surface area contributed by atoms with Gasteiger partial charge in [0.15, 0.2) is 0 Å². The van der Waals surface area contributed by atoms with Gasteiger partial charge in [-0.1, -0.05) is 17.7 Å². The van der Waals surface area contributed by atoms with Gasteiger partial charge in [-0.2, -0.15) is 17.8 Å². The van der Waals surface area contributed by atoms with Gasteiger partial charge in [-0.05, 0) is 31.9 Å². The van der Waals surface area contributed by atoms with E-state index >= 15 is 0 Å². The molecule has 5 nitrogen and oxygen atoms in total. The number of aryl methyl sites for hydroxylation is 1. The van der Waals surface area contributed by atoms with Crippen LogP contribution in [0.4, 0.5) is 4.39 Å². The van der Waals surface area contributed by atoms with Gasteiger partial charge in [0, 0.05) is 32.2 Å². The highest BCUT2D eigenvalue weighted by atomic mass is 32.2. The van der Waals surface area contributed by atoms with Gasteiger partial charge >= 0.3 is 10.1 Å². The molecule has 0 aliphatic carbocycles. The van der Waals surface area contributed by atoms with Crippen LogP contribution in [-0.2, 0) is 14.4 Å². The van der Waals surface area contributed by atoms with E-state index in [1.54, 1.807) is 24.3 Å². The molecule has 2 aliphatic rings. The molecule has 122 valence electrons. The molecule has 3 rings (SSSR count). The SMILES string of the molecule is Cc1ccc(S(=O)(=O)ON2CC(N3CCC(F)CC3)C2)cc1. The number of piperidine rings is 1. The van der Waals surface area contributed by atoms with E-state index in [9.17, 15) is 12.8 Å². The molecule has 0 saturated carbocycles. The van der Waals surface area contributed by atoms with Crippen molar-refractivity contribution in [3.05, 3.63) is 29.8 Å². The standard InChI is InChI=1S/C15H21FN2O3S/c1-12-2-4-15(5-3-12)22(19,20)21-18-10-14(11-18)17-8-6-13(16)7-9-17/h2-5,13-14H,6-11H2,1H3. The number of alkyl halides is 1. The second kappa shape index (κ2) is 6.23. The van der Waals surface area contributed by atoms with Crippen molar-refractivity contribution in [1.29, 1.82) is 0 Å². The lowest BCUT2D eigenvalue weighted by Gasteiger charge is -2.45. The van der Waals surface area contributed by atoms with Crippen LogP contribution in [0.25, 0.3) is 0 Å². The molecular weight excluding hydrogens is 307 g/mol. The molecule has 0 radical (unpaired) electrons. The molecule has 1 aromatic rings. The van der Waals surface area contributed by atoms with Crippen LogP contribution in [0.15, 0.2) is 29.2 Å². The first-order chi connectivity index (χ1) is 10.4. The predicted molar refractivity (Wildman–Crippen MR) is 80.5 cm³/mol. The molecule has 2 fully saturated rings. The highest BCUT2D eigenvalue weighted by Crippen LogP contribution is 2.24. The van der Waals surface area contributed by atoms with Crippen LogP contribution in [0.2, 0.25) is 0 Å². The number of benzene rings is 1. The molecule has 0 aromatic heterocycles. The summed E-state index contributed by atoms with van der Waals surface area (Å²) in [6, 6.07) is 6.86. The van der Waals surface area contributed by atoms with Crippen LogP contribution in [0.5, 0.6) is 0 Å². The number of hydrogen-bond acceptors (Lipinski definition) is 5. The summed E-state index contributed by atoms with van der Waals surface area (Å²) in [4.78, 5) is 2.38. The predicted octanol–water partition coefficient (Wildman–Crippen LogP) is 1.73. The van der Waals surface area contributed by atoms with Gasteiger partial charge < -0.3 is 0 Å². The molecule has 2 heterocycles. The molecule has 1 aromatic carbocycles. The lowest BCUT2D eigenvalue weighted by molar-refractivity contribution is -0.149. The maximum absolute atomic E-state index is 13.1. The second-order valence-corrected chi connectivity index (χ2v) is 7.58. The average molecular weight is 328 g/mol. The number of rotatable bonds is 4. The van der Waals surface area contributed by atoms with Gasteiger partial charge in [0.1, 0.15) is 6.17 Å². The number of likely N-dealkylation sites (tertiary alicyclic amines) is 1. The maximum Gasteiger partial charge on any atom is 0.313 e. The highest BCUT2D eigenvalue weighted by Gasteiger charge is 2.37. The van der Waals surface area contributed by atoms with Crippen molar-refractivity contribution in [3.63, 3.8) is 0 Å². The smallest absolute Gasteiger partial charge is 0.297 e. The first-order valence-electron chi connectivity index (χ1n) is 7.58. The lowest BCUT2D eigenvalue weighted by atomic mass is 10.0. The number of nitrogens with zero attached hydrogens (tertiary/aromatic N) is 2. The van der Waals surface area contributed by atoms with Crippen molar-refractivity contribution in [2.45, 2.75) is 36.9 Å². The fourth-order valence-electron chi connectivity index (χ4n) is 2.83. The largest absolute Gasteiger partial charge is 0.313 e. The van der Waals surface area contributed by atoms with Crippen LogP contribution >= 0.6 is 0 Å². The molecule has 22 heavy (non-hydrogen) atoms. The molecule has 0 unspecified atom stereocenters. The van der Waals surface area contributed by atoms with Crippen LogP contribution in [0.3, 0.4) is 0 Å². The van der Waals surface area contributed by atoms with E-state index in [1.807, 2.05) is 6.92 Å². The Morgan fingerprint density at radius 3 is 2.32 bits per heavy atom. The first kappa shape index (κ1) is 15.9. The quantitative estimate of drug-likeness (QED) is 0.842. The summed E-state index contributed by atoms with van der Waals surface area (Å²) in [6.45, 7) is 4.47. The molecule has 2 aliphatic heterocycles. The Labute approximate surface area is 130 Å². The second-order valence-electron chi connectivity index (χ2n) is 6.05. The summed E-state index contributed by atoms with van der Waals surface area (Å²) >= 11 is 0. The Hall–Kier alpha value is -1.02. The van der Waals surface area contributed by atoms with Gasteiger partial charge in [0.25, 0.3) is 0 Å². The van der Waals surface area contributed by atoms with Crippen molar-refractivity contribution in [2.24, 2.45) is 0 Å². The van der Waals surface area contributed by atoms with Crippen LogP contribution < -0.4 is 0 Å². The van der Waals surface area contributed by atoms with Gasteiger partial charge in [0.2, 0.25) is 0 Å². The minimum absolute atomic E-state index is 0.166.